The smallest absolute Gasteiger partial charge is 0.219 e. The van der Waals surface area contributed by atoms with Crippen LogP contribution in [-0.2, 0) is 5.54 Å². The van der Waals surface area contributed by atoms with Gasteiger partial charge in [-0.05, 0) is 62.9 Å². The molecule has 1 aromatic carbocycles. The van der Waals surface area contributed by atoms with Crippen molar-refractivity contribution in [3.63, 3.8) is 0 Å². The third-order valence-electron chi connectivity index (χ3n) is 6.68. The van der Waals surface area contributed by atoms with Gasteiger partial charge in [0, 0.05) is 23.5 Å². The average Bonchev–Trinajstić information content (AvgIpc) is 3.41. The van der Waals surface area contributed by atoms with Crippen molar-refractivity contribution in [1.29, 1.82) is 0 Å². The largest absolute Gasteiger partial charge is 0.384 e. The number of nitrogen functional groups attached to an aromatic ring is 2. The van der Waals surface area contributed by atoms with Gasteiger partial charge in [-0.25, -0.2) is 29.6 Å². The molecule has 1 aliphatic carbocycles. The van der Waals surface area contributed by atoms with Gasteiger partial charge in [0.15, 0.2) is 5.82 Å². The third kappa shape index (κ3) is 3.10. The molecule has 0 unspecified atom stereocenters. The van der Waals surface area contributed by atoms with Gasteiger partial charge < -0.3 is 16.0 Å². The Morgan fingerprint density at radius 2 is 1.74 bits per heavy atom. The minimum atomic E-state index is -0.0587. The highest BCUT2D eigenvalue weighted by Gasteiger charge is 2.38. The van der Waals surface area contributed by atoms with Crippen LogP contribution in [-0.4, -0.2) is 39.3 Å². The molecule has 10 heteroatoms. The molecular weight excluding hydrogens is 428 g/mol. The first-order chi connectivity index (χ1) is 16.4. The second kappa shape index (κ2) is 7.34. The van der Waals surface area contributed by atoms with Crippen molar-refractivity contribution in [2.75, 3.05) is 11.5 Å². The summed E-state index contributed by atoms with van der Waals surface area (Å²) >= 11 is 0. The van der Waals surface area contributed by atoms with Crippen LogP contribution in [0.2, 0.25) is 0 Å². The number of hydrogen-bond acceptors (Lipinski definition) is 8. The van der Waals surface area contributed by atoms with Crippen LogP contribution in [0.25, 0.3) is 39.4 Å². The molecule has 0 aliphatic heterocycles. The molecule has 0 atom stereocenters. The fourth-order valence-corrected chi connectivity index (χ4v) is 4.70. The first kappa shape index (κ1) is 20.3. The minimum absolute atomic E-state index is 0.0587. The number of pyridine rings is 1. The van der Waals surface area contributed by atoms with Crippen LogP contribution in [0.4, 0.5) is 11.8 Å². The average molecular weight is 453 g/mol. The van der Waals surface area contributed by atoms with Gasteiger partial charge >= 0.3 is 0 Å². The summed E-state index contributed by atoms with van der Waals surface area (Å²) in [5.41, 5.74) is 17.0. The topological polar surface area (TPSA) is 139 Å². The predicted molar refractivity (Wildman–Crippen MR) is 130 cm³/mol. The molecule has 1 fully saturated rings. The van der Waals surface area contributed by atoms with Crippen LogP contribution in [0.5, 0.6) is 0 Å². The van der Waals surface area contributed by atoms with E-state index in [0.717, 1.165) is 52.3 Å². The van der Waals surface area contributed by atoms with Crippen molar-refractivity contribution in [2.45, 2.75) is 38.6 Å². The zero-order valence-electron chi connectivity index (χ0n) is 19.0. The van der Waals surface area contributed by atoms with Gasteiger partial charge in [0.25, 0.3) is 0 Å². The number of nitrogens with zero attached hydrogens (tertiary/aromatic N) is 8. The number of rotatable bonds is 4. The lowest BCUT2D eigenvalue weighted by atomic mass is 9.78. The van der Waals surface area contributed by atoms with E-state index in [2.05, 4.69) is 49.7 Å². The normalized spacial score (nSPS) is 14.9. The Hall–Kier alpha value is -4.34. The van der Waals surface area contributed by atoms with Gasteiger partial charge in [0.1, 0.15) is 23.7 Å². The van der Waals surface area contributed by atoms with Crippen molar-refractivity contribution in [3.05, 3.63) is 54.9 Å². The number of imidazole rings is 1. The Kier molecular flexibility index (Phi) is 4.38. The van der Waals surface area contributed by atoms with Crippen LogP contribution in [0, 0.1) is 6.92 Å². The van der Waals surface area contributed by atoms with Crippen LogP contribution in [0.3, 0.4) is 0 Å². The number of hydrogen-bond donors (Lipinski definition) is 2. The second-order valence-electron chi connectivity index (χ2n) is 8.98. The van der Waals surface area contributed by atoms with Crippen molar-refractivity contribution < 1.29 is 0 Å². The van der Waals surface area contributed by atoms with Gasteiger partial charge in [-0.15, -0.1) is 0 Å². The molecule has 0 spiro atoms. The van der Waals surface area contributed by atoms with Crippen LogP contribution < -0.4 is 11.5 Å². The molecule has 4 N–H and O–H groups in total. The maximum atomic E-state index is 6.15. The van der Waals surface area contributed by atoms with Crippen molar-refractivity contribution in [1.82, 2.24) is 39.3 Å². The third-order valence-corrected chi connectivity index (χ3v) is 6.68. The predicted octanol–water partition coefficient (Wildman–Crippen LogP) is 3.51. The number of fused-ring (bicyclic) bond motifs is 1. The molecule has 4 aromatic heterocycles. The van der Waals surface area contributed by atoms with E-state index in [-0.39, 0.29) is 11.5 Å². The molecule has 1 aliphatic rings. The lowest BCUT2D eigenvalue weighted by Gasteiger charge is -2.41. The van der Waals surface area contributed by atoms with Gasteiger partial charge in [-0.1, -0.05) is 6.07 Å². The van der Waals surface area contributed by atoms with Gasteiger partial charge in [0.2, 0.25) is 5.95 Å². The summed E-state index contributed by atoms with van der Waals surface area (Å²) in [5, 5.41) is 4.41. The summed E-state index contributed by atoms with van der Waals surface area (Å²) in [6, 6.07) is 9.92. The molecule has 0 saturated heterocycles. The van der Waals surface area contributed by atoms with Crippen molar-refractivity contribution >= 4 is 22.8 Å². The molecule has 1 saturated carbocycles. The summed E-state index contributed by atoms with van der Waals surface area (Å²) in [7, 11) is 0. The number of anilines is 2. The Balaban J connectivity index is 1.61. The van der Waals surface area contributed by atoms with Gasteiger partial charge in [-0.2, -0.15) is 5.10 Å². The molecule has 0 radical (unpaired) electrons. The van der Waals surface area contributed by atoms with E-state index in [1.165, 1.54) is 12.7 Å². The monoisotopic (exact) mass is 452 g/mol. The molecule has 34 heavy (non-hydrogen) atoms. The summed E-state index contributed by atoms with van der Waals surface area (Å²) in [6.07, 6.45) is 8.29. The summed E-state index contributed by atoms with van der Waals surface area (Å²) < 4.78 is 4.08. The first-order valence-corrected chi connectivity index (χ1v) is 11.2. The van der Waals surface area contributed by atoms with E-state index >= 15 is 0 Å². The molecule has 6 rings (SSSR count). The fraction of sp³-hybridized carbons (Fsp3) is 0.250. The zero-order chi connectivity index (χ0) is 23.4. The maximum absolute atomic E-state index is 6.15. The lowest BCUT2D eigenvalue weighted by Crippen LogP contribution is -2.37. The van der Waals surface area contributed by atoms with Crippen LogP contribution in [0.1, 0.15) is 32.0 Å². The Morgan fingerprint density at radius 1 is 0.941 bits per heavy atom. The number of aryl methyl sites for hydroxylation is 1. The van der Waals surface area contributed by atoms with Crippen LogP contribution in [0.15, 0.2) is 49.1 Å². The minimum Gasteiger partial charge on any atom is -0.384 e. The first-order valence-electron chi connectivity index (χ1n) is 11.2. The van der Waals surface area contributed by atoms with E-state index in [4.69, 9.17) is 21.4 Å². The highest BCUT2D eigenvalue weighted by Crippen LogP contribution is 2.44. The molecular formula is C24H24N10. The SMILES string of the molecule is Cc1ncnn1-c1ccc(N)nc1-c1nc2cc(-c3cnc(N)nc3)ccc2n1C1(C)CCC1. The summed E-state index contributed by atoms with van der Waals surface area (Å²) in [4.78, 5) is 22.4. The zero-order valence-corrected chi connectivity index (χ0v) is 19.0. The standard InChI is InChI=1S/C24H24N10/c1-14-29-13-30-34(14)19-6-7-20(25)32-21(19)22-31-17-10-15(16-11-27-23(26)28-12-16)4-5-18(17)33(22)24(2)8-3-9-24/h4-7,10-13H,3,8-9H2,1-2H3,(H2,25,32)(H2,26,27,28). The Morgan fingerprint density at radius 3 is 2.41 bits per heavy atom. The Bertz CT molecular complexity index is 1530. The van der Waals surface area contributed by atoms with E-state index in [1.807, 2.05) is 13.0 Å². The molecule has 0 bridgehead atoms. The van der Waals surface area contributed by atoms with Gasteiger partial charge in [-0.3, -0.25) is 0 Å². The van der Waals surface area contributed by atoms with Gasteiger partial charge in [0.05, 0.1) is 16.7 Å². The van der Waals surface area contributed by atoms with Crippen LogP contribution >= 0.6 is 0 Å². The molecule has 170 valence electrons. The fourth-order valence-electron chi connectivity index (χ4n) is 4.70. The lowest BCUT2D eigenvalue weighted by molar-refractivity contribution is 0.176. The quantitative estimate of drug-likeness (QED) is 0.422. The molecule has 5 aromatic rings. The number of benzene rings is 1. The highest BCUT2D eigenvalue weighted by atomic mass is 15.3. The van der Waals surface area contributed by atoms with E-state index in [1.54, 1.807) is 23.1 Å². The van der Waals surface area contributed by atoms with E-state index < -0.39 is 0 Å². The van der Waals surface area contributed by atoms with Crippen molar-refractivity contribution in [2.24, 2.45) is 0 Å². The summed E-state index contributed by atoms with van der Waals surface area (Å²) in [5.74, 6) is 2.20. The van der Waals surface area contributed by atoms with E-state index in [9.17, 15) is 0 Å². The second-order valence-corrected chi connectivity index (χ2v) is 8.98. The molecule has 10 nitrogen and oxygen atoms in total. The summed E-state index contributed by atoms with van der Waals surface area (Å²) in [6.45, 7) is 4.18. The highest BCUT2D eigenvalue weighted by molar-refractivity contribution is 5.86. The van der Waals surface area contributed by atoms with Crippen molar-refractivity contribution in [3.8, 4) is 28.3 Å². The Labute approximate surface area is 195 Å². The number of aromatic nitrogens is 8. The van der Waals surface area contributed by atoms with E-state index in [0.29, 0.717) is 11.5 Å². The molecule has 0 amide bonds. The number of nitrogens with two attached hydrogens (primary N) is 2. The molecule has 4 heterocycles. The maximum Gasteiger partial charge on any atom is 0.219 e.